The maximum Gasteiger partial charge on any atom is 0.102 e. The number of hydrogen-bond donors (Lipinski definition) is 0. The minimum absolute atomic E-state index is 0.422. The second-order valence-corrected chi connectivity index (χ2v) is 15.9. The highest BCUT2D eigenvalue weighted by Crippen LogP contribution is 2.51. The van der Waals surface area contributed by atoms with E-state index in [1.807, 2.05) is 0 Å². The van der Waals surface area contributed by atoms with Crippen LogP contribution in [0.15, 0.2) is 44.4 Å². The van der Waals surface area contributed by atoms with Gasteiger partial charge in [0.25, 0.3) is 0 Å². The molecule has 1 heteroatoms. The highest BCUT2D eigenvalue weighted by atomic mass is 14.4. The van der Waals surface area contributed by atoms with Crippen LogP contribution >= 0.6 is 0 Å². The molecule has 2 aliphatic rings. The lowest BCUT2D eigenvalue weighted by Gasteiger charge is -2.60. The van der Waals surface area contributed by atoms with Crippen molar-refractivity contribution in [3.05, 3.63) is 100 Å². The first-order chi connectivity index (χ1) is 20.7. The largest absolute Gasteiger partial charge is 0.211 e. The van der Waals surface area contributed by atoms with Crippen LogP contribution < -0.4 is 10.9 Å². The van der Waals surface area contributed by atoms with E-state index in [2.05, 4.69) is 138 Å². The van der Waals surface area contributed by atoms with Crippen LogP contribution in [0.4, 0.5) is 0 Å². The Morgan fingerprint density at radius 2 is 0.511 bits per heavy atom. The number of hydrogen-bond acceptors (Lipinski definition) is 0. The summed E-state index contributed by atoms with van der Waals surface area (Å²) >= 11 is 0. The summed E-state index contributed by atoms with van der Waals surface area (Å²) in [5.74, 6) is 1.82. The molecular weight excluding hydrogens is 539 g/mol. The van der Waals surface area contributed by atoms with Gasteiger partial charge in [-0.05, 0) is 156 Å². The summed E-state index contributed by atoms with van der Waals surface area (Å²) in [4.78, 5) is 0. The molecule has 0 N–H and O–H groups in total. The van der Waals surface area contributed by atoms with Crippen LogP contribution in [0.5, 0.6) is 0 Å². The molecule has 2 aliphatic carbocycles. The molecule has 0 spiro atoms. The first kappa shape index (κ1) is 35.3. The van der Waals surface area contributed by atoms with Crippen LogP contribution in [0.2, 0.25) is 0 Å². The SMILES string of the molecule is CC1=C(C)C(C)C(C)C([B-](C2=C(C)C(C)=C(C)C(C)C2C)(c2c(C)c(C)c(C)c(C)c2C)c2c(C)c(C)c(C)c(C)c2C)=C1C. The zero-order chi connectivity index (χ0) is 34.4. The van der Waals surface area contributed by atoms with Crippen molar-refractivity contribution >= 4 is 17.1 Å². The molecule has 0 aromatic heterocycles. The van der Waals surface area contributed by atoms with E-state index in [9.17, 15) is 0 Å². The Kier molecular flexibility index (Phi) is 9.36. The standard InChI is InChI=1S/C44H64B/c1-21-25(5)33(13)41(34(14)26(21)6)45(42-35(15)27(7)22(2)28(8)36(42)16,43-37(17)29(9)23(3)30(10)38(43)18)44-39(19)31(11)24(4)32(12)40(44)20/h25,27,33,35H,1-20H3/q-1. The van der Waals surface area contributed by atoms with E-state index in [0.29, 0.717) is 23.7 Å². The Morgan fingerprint density at radius 3 is 0.756 bits per heavy atom. The third-order valence-electron chi connectivity index (χ3n) is 14.9. The molecule has 0 nitrogen and oxygen atoms in total. The molecule has 2 aromatic rings. The normalized spacial score (nSPS) is 23.2. The third kappa shape index (κ3) is 4.68. The Balaban J connectivity index is 2.59. The van der Waals surface area contributed by atoms with Crippen LogP contribution in [0, 0.1) is 92.9 Å². The fourth-order valence-corrected chi connectivity index (χ4v) is 10.4. The van der Waals surface area contributed by atoms with E-state index in [4.69, 9.17) is 0 Å². The first-order valence-corrected chi connectivity index (χ1v) is 17.8. The van der Waals surface area contributed by atoms with Gasteiger partial charge in [0.15, 0.2) is 0 Å². The van der Waals surface area contributed by atoms with Gasteiger partial charge in [-0.3, -0.25) is 0 Å². The fourth-order valence-electron chi connectivity index (χ4n) is 10.4. The molecule has 4 atom stereocenters. The minimum atomic E-state index is -1.51. The predicted molar refractivity (Wildman–Crippen MR) is 204 cm³/mol. The lowest BCUT2D eigenvalue weighted by molar-refractivity contribution is 0.490. The van der Waals surface area contributed by atoms with Crippen molar-refractivity contribution in [1.82, 2.24) is 0 Å². The van der Waals surface area contributed by atoms with Crippen molar-refractivity contribution in [3.8, 4) is 0 Å². The monoisotopic (exact) mass is 604 g/mol. The maximum absolute atomic E-state index is 2.56. The molecule has 0 heterocycles. The van der Waals surface area contributed by atoms with Gasteiger partial charge < -0.3 is 0 Å². The van der Waals surface area contributed by atoms with Crippen LogP contribution in [-0.2, 0) is 0 Å². The van der Waals surface area contributed by atoms with Crippen molar-refractivity contribution in [1.29, 1.82) is 0 Å². The zero-order valence-electron chi connectivity index (χ0n) is 32.9. The van der Waals surface area contributed by atoms with E-state index >= 15 is 0 Å². The summed E-state index contributed by atoms with van der Waals surface area (Å²) in [6.45, 7) is 48.8. The quantitative estimate of drug-likeness (QED) is 0.305. The van der Waals surface area contributed by atoms with E-state index in [1.165, 1.54) is 77.9 Å². The average Bonchev–Trinajstić information content (AvgIpc) is 3.00. The van der Waals surface area contributed by atoms with E-state index < -0.39 is 6.15 Å². The molecule has 0 amide bonds. The Labute approximate surface area is 278 Å². The second kappa shape index (κ2) is 11.9. The molecule has 45 heavy (non-hydrogen) atoms. The van der Waals surface area contributed by atoms with E-state index in [1.54, 1.807) is 33.0 Å². The highest BCUT2D eigenvalue weighted by Gasteiger charge is 2.47. The molecule has 0 aliphatic heterocycles. The van der Waals surface area contributed by atoms with E-state index in [-0.39, 0.29) is 0 Å². The van der Waals surface area contributed by atoms with Crippen molar-refractivity contribution < 1.29 is 0 Å². The number of rotatable bonds is 4. The van der Waals surface area contributed by atoms with Crippen LogP contribution in [0.3, 0.4) is 0 Å². The molecule has 2 aromatic carbocycles. The van der Waals surface area contributed by atoms with E-state index in [0.717, 1.165) is 0 Å². The zero-order valence-corrected chi connectivity index (χ0v) is 32.9. The highest BCUT2D eigenvalue weighted by molar-refractivity contribution is 7.13. The fraction of sp³-hybridized carbons (Fsp3) is 0.545. The van der Waals surface area contributed by atoms with Gasteiger partial charge >= 0.3 is 0 Å². The molecule has 4 rings (SSSR count). The molecule has 0 saturated carbocycles. The topological polar surface area (TPSA) is 0 Å². The van der Waals surface area contributed by atoms with Crippen molar-refractivity contribution in [2.24, 2.45) is 23.7 Å². The van der Waals surface area contributed by atoms with Crippen molar-refractivity contribution in [2.45, 2.75) is 138 Å². The molecule has 0 fully saturated rings. The summed E-state index contributed by atoms with van der Waals surface area (Å²) < 4.78 is 0. The average molecular weight is 604 g/mol. The summed E-state index contributed by atoms with van der Waals surface area (Å²) in [5.41, 5.74) is 30.6. The molecule has 0 saturated heterocycles. The molecule has 0 bridgehead atoms. The molecule has 0 radical (unpaired) electrons. The number of allylic oxidation sites excluding steroid dienone is 8. The van der Waals surface area contributed by atoms with Gasteiger partial charge in [0.05, 0.1) is 0 Å². The van der Waals surface area contributed by atoms with Gasteiger partial charge in [0.1, 0.15) is 6.15 Å². The summed E-state index contributed by atoms with van der Waals surface area (Å²) in [7, 11) is 0. The lowest BCUT2D eigenvalue weighted by Crippen LogP contribution is -2.69. The molecular formula is C44H64B-. The predicted octanol–water partition coefficient (Wildman–Crippen LogP) is 11.3. The molecule has 244 valence electrons. The summed E-state index contributed by atoms with van der Waals surface area (Å²) in [5, 5.41) is 0. The van der Waals surface area contributed by atoms with Gasteiger partial charge in [-0.2, -0.15) is 10.9 Å². The van der Waals surface area contributed by atoms with Gasteiger partial charge in [0, 0.05) is 0 Å². The Morgan fingerprint density at radius 1 is 0.289 bits per heavy atom. The Hall–Kier alpha value is -2.54. The molecule has 4 unspecified atom stereocenters. The van der Waals surface area contributed by atoms with Crippen LogP contribution in [-0.4, -0.2) is 6.15 Å². The first-order valence-electron chi connectivity index (χ1n) is 17.8. The maximum atomic E-state index is 2.56. The van der Waals surface area contributed by atoms with Gasteiger partial charge in [-0.15, -0.1) is 0 Å². The minimum Gasteiger partial charge on any atom is -0.211 e. The lowest BCUT2D eigenvalue weighted by atomic mass is 9.07. The number of benzene rings is 2. The second-order valence-electron chi connectivity index (χ2n) is 15.9. The van der Waals surface area contributed by atoms with Gasteiger partial charge in [-0.1, -0.05) is 95.2 Å². The van der Waals surface area contributed by atoms with Crippen molar-refractivity contribution in [3.63, 3.8) is 0 Å². The Bertz CT molecular complexity index is 1560. The smallest absolute Gasteiger partial charge is 0.102 e. The third-order valence-corrected chi connectivity index (χ3v) is 14.9. The summed E-state index contributed by atoms with van der Waals surface area (Å²) in [6.07, 6.45) is -1.51. The van der Waals surface area contributed by atoms with Crippen LogP contribution in [0.1, 0.15) is 125 Å². The van der Waals surface area contributed by atoms with Gasteiger partial charge in [-0.25, -0.2) is 10.9 Å². The van der Waals surface area contributed by atoms with Crippen LogP contribution in [0.25, 0.3) is 0 Å². The van der Waals surface area contributed by atoms with Gasteiger partial charge in [0.2, 0.25) is 0 Å². The summed E-state index contributed by atoms with van der Waals surface area (Å²) in [6, 6.07) is 0. The van der Waals surface area contributed by atoms with Crippen molar-refractivity contribution in [2.75, 3.05) is 0 Å².